The zero-order valence-corrected chi connectivity index (χ0v) is 15.9. The number of imidazole rings is 1. The van der Waals surface area contributed by atoms with E-state index >= 15 is 0 Å². The molecule has 1 amide bonds. The third-order valence-electron chi connectivity index (χ3n) is 4.27. The molecule has 2 aromatic carbocycles. The van der Waals surface area contributed by atoms with Crippen molar-refractivity contribution in [1.29, 1.82) is 0 Å². The van der Waals surface area contributed by atoms with Crippen molar-refractivity contribution in [3.05, 3.63) is 65.4 Å². The minimum atomic E-state index is -0.607. The van der Waals surface area contributed by atoms with Gasteiger partial charge in [-0.2, -0.15) is 0 Å². The van der Waals surface area contributed by atoms with Crippen LogP contribution in [0.15, 0.2) is 53.1 Å². The number of esters is 1. The molecule has 0 unspecified atom stereocenters. The number of ether oxygens (including phenoxy) is 1. The van der Waals surface area contributed by atoms with Gasteiger partial charge in [0.2, 0.25) is 0 Å². The monoisotopic (exact) mass is 390 g/mol. The number of aromatic nitrogens is 3. The number of fused-ring (bicyclic) bond motifs is 1. The number of benzene rings is 2. The van der Waals surface area contributed by atoms with Gasteiger partial charge in [-0.15, -0.1) is 0 Å². The molecule has 0 atom stereocenters. The average molecular weight is 390 g/mol. The van der Waals surface area contributed by atoms with Crippen molar-refractivity contribution < 1.29 is 18.8 Å². The van der Waals surface area contributed by atoms with E-state index in [1.807, 2.05) is 31.2 Å². The topological polar surface area (TPSA) is 110 Å². The van der Waals surface area contributed by atoms with E-state index < -0.39 is 18.5 Å². The van der Waals surface area contributed by atoms with E-state index in [-0.39, 0.29) is 5.82 Å². The molecule has 0 saturated carbocycles. The lowest BCUT2D eigenvalue weighted by Gasteiger charge is -2.04. The van der Waals surface area contributed by atoms with Gasteiger partial charge in [-0.1, -0.05) is 35.0 Å². The number of nitrogens with zero attached hydrogens (tertiary/aromatic N) is 2. The number of amides is 1. The fourth-order valence-electron chi connectivity index (χ4n) is 2.80. The minimum absolute atomic E-state index is 0.270. The highest BCUT2D eigenvalue weighted by molar-refractivity contribution is 5.97. The molecule has 0 aliphatic rings. The van der Waals surface area contributed by atoms with Crippen LogP contribution in [0.3, 0.4) is 0 Å². The number of hydrogen-bond donors (Lipinski definition) is 2. The normalized spacial score (nSPS) is 10.8. The fourth-order valence-corrected chi connectivity index (χ4v) is 2.80. The highest BCUT2D eigenvalue weighted by atomic mass is 16.5. The SMILES string of the molecule is Cc1ccc(-c2nc3ccc(C(=O)OCC(=O)Nc4cc(C)on4)cc3[nH]2)cc1. The predicted molar refractivity (Wildman–Crippen MR) is 106 cm³/mol. The zero-order chi connectivity index (χ0) is 20.4. The van der Waals surface area contributed by atoms with Crippen LogP contribution in [-0.2, 0) is 9.53 Å². The summed E-state index contributed by atoms with van der Waals surface area (Å²) < 4.78 is 9.94. The maximum atomic E-state index is 12.3. The third-order valence-corrected chi connectivity index (χ3v) is 4.27. The molecule has 4 aromatic rings. The highest BCUT2D eigenvalue weighted by Gasteiger charge is 2.14. The number of rotatable bonds is 5. The first-order chi connectivity index (χ1) is 14.0. The molecule has 4 rings (SSSR count). The van der Waals surface area contributed by atoms with E-state index in [1.54, 1.807) is 31.2 Å². The van der Waals surface area contributed by atoms with E-state index in [4.69, 9.17) is 9.26 Å². The molecule has 2 N–H and O–H groups in total. The Bertz CT molecular complexity index is 1190. The summed E-state index contributed by atoms with van der Waals surface area (Å²) in [7, 11) is 0. The molecule has 0 aliphatic carbocycles. The number of anilines is 1. The summed E-state index contributed by atoms with van der Waals surface area (Å²) in [5.41, 5.74) is 3.88. The summed E-state index contributed by atoms with van der Waals surface area (Å²) in [5, 5.41) is 6.14. The highest BCUT2D eigenvalue weighted by Crippen LogP contribution is 2.22. The van der Waals surface area contributed by atoms with Crippen LogP contribution >= 0.6 is 0 Å². The fraction of sp³-hybridized carbons (Fsp3) is 0.143. The largest absolute Gasteiger partial charge is 0.452 e. The van der Waals surface area contributed by atoms with Gasteiger partial charge in [-0.3, -0.25) is 4.79 Å². The first kappa shape index (κ1) is 18.4. The van der Waals surface area contributed by atoms with E-state index in [0.717, 1.165) is 16.6 Å². The molecule has 29 heavy (non-hydrogen) atoms. The Morgan fingerprint density at radius 2 is 1.90 bits per heavy atom. The maximum Gasteiger partial charge on any atom is 0.338 e. The maximum absolute atomic E-state index is 12.3. The number of carbonyl (C=O) groups excluding carboxylic acids is 2. The van der Waals surface area contributed by atoms with Crippen molar-refractivity contribution in [1.82, 2.24) is 15.1 Å². The van der Waals surface area contributed by atoms with Gasteiger partial charge < -0.3 is 19.6 Å². The number of aryl methyl sites for hydroxylation is 2. The lowest BCUT2D eigenvalue weighted by atomic mass is 10.1. The second-order valence-electron chi connectivity index (χ2n) is 6.63. The number of nitrogens with one attached hydrogen (secondary N) is 2. The predicted octanol–water partition coefficient (Wildman–Crippen LogP) is 3.63. The molecule has 8 heteroatoms. The molecular formula is C21H18N4O4. The van der Waals surface area contributed by atoms with Gasteiger partial charge >= 0.3 is 5.97 Å². The Labute approximate surface area is 165 Å². The number of carbonyl (C=O) groups is 2. The van der Waals surface area contributed by atoms with Gasteiger partial charge in [0.1, 0.15) is 11.6 Å². The lowest BCUT2D eigenvalue weighted by Crippen LogP contribution is -2.21. The van der Waals surface area contributed by atoms with Crippen molar-refractivity contribution in [2.75, 3.05) is 11.9 Å². The number of H-pyrrole nitrogens is 1. The van der Waals surface area contributed by atoms with Crippen LogP contribution in [-0.4, -0.2) is 33.6 Å². The summed E-state index contributed by atoms with van der Waals surface area (Å²) in [6, 6.07) is 14.6. The van der Waals surface area contributed by atoms with Crippen molar-refractivity contribution in [3.8, 4) is 11.4 Å². The molecule has 0 radical (unpaired) electrons. The molecule has 146 valence electrons. The van der Waals surface area contributed by atoms with Gasteiger partial charge in [0.15, 0.2) is 12.4 Å². The zero-order valence-electron chi connectivity index (χ0n) is 15.9. The molecule has 0 spiro atoms. The van der Waals surface area contributed by atoms with E-state index in [1.165, 1.54) is 0 Å². The molecule has 0 saturated heterocycles. The van der Waals surface area contributed by atoms with Crippen LogP contribution in [0.4, 0.5) is 5.82 Å². The standard InChI is InChI=1S/C21H18N4O4/c1-12-3-5-14(6-4-12)20-22-16-8-7-15(10-17(16)23-20)21(27)28-11-19(26)24-18-9-13(2)29-25-18/h3-10H,11H2,1-2H3,(H,22,23)(H,24,25,26). The van der Waals surface area contributed by atoms with Crippen molar-refractivity contribution >= 4 is 28.7 Å². The summed E-state index contributed by atoms with van der Waals surface area (Å²) in [5.74, 6) is 0.440. The summed E-state index contributed by atoms with van der Waals surface area (Å²) in [4.78, 5) is 31.9. The number of hydrogen-bond acceptors (Lipinski definition) is 6. The quantitative estimate of drug-likeness (QED) is 0.504. The van der Waals surface area contributed by atoms with Crippen molar-refractivity contribution in [2.24, 2.45) is 0 Å². The smallest absolute Gasteiger partial charge is 0.338 e. The Kier molecular flexibility index (Phi) is 4.82. The first-order valence-corrected chi connectivity index (χ1v) is 8.95. The van der Waals surface area contributed by atoms with E-state index in [9.17, 15) is 9.59 Å². The van der Waals surface area contributed by atoms with Crippen LogP contribution in [0.2, 0.25) is 0 Å². The summed E-state index contributed by atoms with van der Waals surface area (Å²) >= 11 is 0. The average Bonchev–Trinajstić information content (AvgIpc) is 3.31. The van der Waals surface area contributed by atoms with Gasteiger partial charge in [0.05, 0.1) is 16.6 Å². The van der Waals surface area contributed by atoms with E-state index in [2.05, 4.69) is 20.4 Å². The molecule has 8 nitrogen and oxygen atoms in total. The third kappa shape index (κ3) is 4.16. The molecule has 0 aliphatic heterocycles. The Hall–Kier alpha value is -3.94. The second-order valence-corrected chi connectivity index (χ2v) is 6.63. The summed E-state index contributed by atoms with van der Waals surface area (Å²) in [6.45, 7) is 3.30. The second kappa shape index (κ2) is 7.59. The van der Waals surface area contributed by atoms with Gasteiger partial charge in [-0.25, -0.2) is 9.78 Å². The Morgan fingerprint density at radius 3 is 2.62 bits per heavy atom. The number of aromatic amines is 1. The van der Waals surface area contributed by atoms with Gasteiger partial charge in [0, 0.05) is 11.6 Å². The summed E-state index contributed by atoms with van der Waals surface area (Å²) in [6.07, 6.45) is 0. The Balaban J connectivity index is 1.43. The molecule has 0 fully saturated rings. The van der Waals surface area contributed by atoms with Crippen molar-refractivity contribution in [3.63, 3.8) is 0 Å². The van der Waals surface area contributed by atoms with Crippen LogP contribution in [0.5, 0.6) is 0 Å². The minimum Gasteiger partial charge on any atom is -0.452 e. The van der Waals surface area contributed by atoms with Crippen LogP contribution < -0.4 is 5.32 Å². The Morgan fingerprint density at radius 1 is 1.10 bits per heavy atom. The van der Waals surface area contributed by atoms with Crippen LogP contribution in [0, 0.1) is 13.8 Å². The van der Waals surface area contributed by atoms with Crippen LogP contribution in [0.1, 0.15) is 21.7 Å². The molecule has 2 heterocycles. The van der Waals surface area contributed by atoms with Crippen molar-refractivity contribution in [2.45, 2.75) is 13.8 Å². The van der Waals surface area contributed by atoms with E-state index in [0.29, 0.717) is 22.7 Å². The van der Waals surface area contributed by atoms with Gasteiger partial charge in [0.25, 0.3) is 5.91 Å². The van der Waals surface area contributed by atoms with Gasteiger partial charge in [-0.05, 0) is 32.0 Å². The molecular weight excluding hydrogens is 372 g/mol. The molecule has 2 aromatic heterocycles. The van der Waals surface area contributed by atoms with Crippen LogP contribution in [0.25, 0.3) is 22.4 Å². The lowest BCUT2D eigenvalue weighted by molar-refractivity contribution is -0.119. The first-order valence-electron chi connectivity index (χ1n) is 8.95. The molecule has 0 bridgehead atoms.